The molecule has 1 heterocycles. The highest BCUT2D eigenvalue weighted by Gasteiger charge is 2.20. The molecule has 2 aromatic rings. The minimum atomic E-state index is -0.269. The number of nitrogens with one attached hydrogen (secondary N) is 1. The van der Waals surface area contributed by atoms with E-state index in [4.69, 9.17) is 9.47 Å². The fourth-order valence-corrected chi connectivity index (χ4v) is 1.91. The van der Waals surface area contributed by atoms with E-state index >= 15 is 0 Å². The van der Waals surface area contributed by atoms with Crippen LogP contribution in [-0.2, 0) is 4.79 Å². The van der Waals surface area contributed by atoms with Gasteiger partial charge < -0.3 is 14.8 Å². The van der Waals surface area contributed by atoms with Crippen molar-refractivity contribution in [2.24, 2.45) is 0 Å². The summed E-state index contributed by atoms with van der Waals surface area (Å²) in [7, 11) is 0. The molecule has 4 heteroatoms. The van der Waals surface area contributed by atoms with Crippen molar-refractivity contribution in [2.45, 2.75) is 13.3 Å². The van der Waals surface area contributed by atoms with Gasteiger partial charge >= 0.3 is 5.97 Å². The van der Waals surface area contributed by atoms with Crippen molar-refractivity contribution < 1.29 is 14.3 Å². The topological polar surface area (TPSA) is 47.6 Å². The average molecular weight is 255 g/mol. The summed E-state index contributed by atoms with van der Waals surface area (Å²) in [6.07, 6.45) is 0.334. The Morgan fingerprint density at radius 2 is 1.95 bits per heavy atom. The van der Waals surface area contributed by atoms with E-state index in [0.29, 0.717) is 23.6 Å². The number of carbonyl (C=O) groups excluding carboxylic acids is 1. The number of hydrogen-bond acceptors (Lipinski definition) is 4. The van der Waals surface area contributed by atoms with Crippen molar-refractivity contribution in [1.29, 1.82) is 0 Å². The number of fused-ring (bicyclic) bond motifs is 2. The van der Waals surface area contributed by atoms with Crippen LogP contribution in [0.5, 0.6) is 17.2 Å². The summed E-state index contributed by atoms with van der Waals surface area (Å²) in [6.45, 7) is 1.76. The van der Waals surface area contributed by atoms with Crippen molar-refractivity contribution >= 4 is 17.3 Å². The third kappa shape index (κ3) is 2.12. The van der Waals surface area contributed by atoms with Gasteiger partial charge in [-0.05, 0) is 24.3 Å². The summed E-state index contributed by atoms with van der Waals surface area (Å²) in [6, 6.07) is 13.0. The average Bonchev–Trinajstić information content (AvgIpc) is 2.45. The number of anilines is 2. The fourth-order valence-electron chi connectivity index (χ4n) is 1.91. The quantitative estimate of drug-likeness (QED) is 0.558. The largest absolute Gasteiger partial charge is 0.453 e. The SMILES string of the molecule is CCC(=O)Oc1cccc2c1Nc1ccccc1O2. The van der Waals surface area contributed by atoms with Crippen LogP contribution in [0, 0.1) is 0 Å². The van der Waals surface area contributed by atoms with E-state index in [1.807, 2.05) is 30.3 Å². The van der Waals surface area contributed by atoms with E-state index in [-0.39, 0.29) is 5.97 Å². The summed E-state index contributed by atoms with van der Waals surface area (Å²) >= 11 is 0. The van der Waals surface area contributed by atoms with E-state index in [9.17, 15) is 4.79 Å². The van der Waals surface area contributed by atoms with Crippen molar-refractivity contribution in [2.75, 3.05) is 5.32 Å². The summed E-state index contributed by atoms with van der Waals surface area (Å²) in [4.78, 5) is 11.4. The standard InChI is InChI=1S/C15H13NO3/c1-2-14(17)19-13-9-5-8-12-15(13)16-10-6-3-4-7-11(10)18-12/h3-9,16H,2H2,1H3. The Morgan fingerprint density at radius 3 is 2.79 bits per heavy atom. The summed E-state index contributed by atoms with van der Waals surface area (Å²) in [5, 5.41) is 3.24. The van der Waals surface area contributed by atoms with Crippen LogP contribution < -0.4 is 14.8 Å². The molecule has 96 valence electrons. The minimum Gasteiger partial charge on any atom is -0.453 e. The normalized spacial score (nSPS) is 11.6. The Bertz CT molecular complexity index is 637. The van der Waals surface area contributed by atoms with Crippen LogP contribution >= 0.6 is 0 Å². The molecule has 0 aliphatic carbocycles. The third-order valence-corrected chi connectivity index (χ3v) is 2.87. The van der Waals surface area contributed by atoms with Crippen LogP contribution in [-0.4, -0.2) is 5.97 Å². The minimum absolute atomic E-state index is 0.269. The molecule has 0 saturated heterocycles. The molecule has 1 aliphatic rings. The molecule has 1 aliphatic heterocycles. The van der Waals surface area contributed by atoms with Crippen LogP contribution in [0.3, 0.4) is 0 Å². The van der Waals surface area contributed by atoms with Crippen molar-refractivity contribution in [3.8, 4) is 17.2 Å². The Morgan fingerprint density at radius 1 is 1.16 bits per heavy atom. The highest BCUT2D eigenvalue weighted by Crippen LogP contribution is 2.46. The van der Waals surface area contributed by atoms with E-state index in [1.54, 1.807) is 19.1 Å². The molecule has 2 aromatic carbocycles. The molecular formula is C15H13NO3. The summed E-state index contributed by atoms with van der Waals surface area (Å²) < 4.78 is 11.1. The zero-order chi connectivity index (χ0) is 13.2. The van der Waals surface area contributed by atoms with Gasteiger partial charge in [-0.3, -0.25) is 4.79 Å². The van der Waals surface area contributed by atoms with E-state index in [1.165, 1.54) is 0 Å². The van der Waals surface area contributed by atoms with Gasteiger partial charge in [0.15, 0.2) is 17.2 Å². The molecule has 0 radical (unpaired) electrons. The maximum absolute atomic E-state index is 11.4. The Labute approximate surface area is 111 Å². The first-order valence-corrected chi connectivity index (χ1v) is 6.15. The molecule has 0 amide bonds. The summed E-state index contributed by atoms with van der Waals surface area (Å²) in [5.41, 5.74) is 1.54. The van der Waals surface area contributed by atoms with Gasteiger partial charge in [0.1, 0.15) is 5.69 Å². The van der Waals surface area contributed by atoms with Crippen molar-refractivity contribution in [3.05, 3.63) is 42.5 Å². The number of para-hydroxylation sites is 3. The van der Waals surface area contributed by atoms with Gasteiger partial charge in [0.05, 0.1) is 5.69 Å². The van der Waals surface area contributed by atoms with Crippen LogP contribution in [0.15, 0.2) is 42.5 Å². The lowest BCUT2D eigenvalue weighted by Crippen LogP contribution is -2.09. The lowest BCUT2D eigenvalue weighted by molar-refractivity contribution is -0.133. The number of benzene rings is 2. The Balaban J connectivity index is 1.99. The van der Waals surface area contributed by atoms with Gasteiger partial charge in [0, 0.05) is 6.42 Å². The second-order valence-corrected chi connectivity index (χ2v) is 4.18. The lowest BCUT2D eigenvalue weighted by Gasteiger charge is -2.23. The van der Waals surface area contributed by atoms with Crippen LogP contribution in [0.2, 0.25) is 0 Å². The predicted octanol–water partition coefficient (Wildman–Crippen LogP) is 3.85. The number of rotatable bonds is 2. The number of carbonyl (C=O) groups is 1. The molecule has 4 nitrogen and oxygen atoms in total. The molecular weight excluding hydrogens is 242 g/mol. The first-order valence-electron chi connectivity index (χ1n) is 6.15. The molecule has 0 atom stereocenters. The van der Waals surface area contributed by atoms with E-state index in [2.05, 4.69) is 5.32 Å². The highest BCUT2D eigenvalue weighted by atomic mass is 16.5. The van der Waals surface area contributed by atoms with E-state index < -0.39 is 0 Å². The smallest absolute Gasteiger partial charge is 0.310 e. The molecule has 0 aromatic heterocycles. The molecule has 19 heavy (non-hydrogen) atoms. The number of hydrogen-bond donors (Lipinski definition) is 1. The predicted molar refractivity (Wildman–Crippen MR) is 72.2 cm³/mol. The Kier molecular flexibility index (Phi) is 2.83. The molecule has 0 bridgehead atoms. The van der Waals surface area contributed by atoms with Crippen molar-refractivity contribution in [1.82, 2.24) is 0 Å². The maximum atomic E-state index is 11.4. The Hall–Kier alpha value is -2.49. The first-order chi connectivity index (χ1) is 9.28. The zero-order valence-electron chi connectivity index (χ0n) is 10.5. The number of ether oxygens (including phenoxy) is 2. The van der Waals surface area contributed by atoms with Crippen molar-refractivity contribution in [3.63, 3.8) is 0 Å². The molecule has 3 rings (SSSR count). The van der Waals surface area contributed by atoms with Gasteiger partial charge in [-0.15, -0.1) is 0 Å². The second-order valence-electron chi connectivity index (χ2n) is 4.18. The molecule has 1 N–H and O–H groups in total. The highest BCUT2D eigenvalue weighted by molar-refractivity contribution is 5.82. The van der Waals surface area contributed by atoms with Gasteiger partial charge in [-0.2, -0.15) is 0 Å². The van der Waals surface area contributed by atoms with Crippen LogP contribution in [0.4, 0.5) is 11.4 Å². The first kappa shape index (κ1) is 11.6. The van der Waals surface area contributed by atoms with E-state index in [0.717, 1.165) is 11.4 Å². The number of esters is 1. The zero-order valence-corrected chi connectivity index (χ0v) is 10.5. The van der Waals surface area contributed by atoms with Gasteiger partial charge in [0.2, 0.25) is 0 Å². The van der Waals surface area contributed by atoms with Crippen LogP contribution in [0.25, 0.3) is 0 Å². The maximum Gasteiger partial charge on any atom is 0.310 e. The summed E-state index contributed by atoms with van der Waals surface area (Å²) in [5.74, 6) is 1.63. The molecule has 0 fully saturated rings. The van der Waals surface area contributed by atoms with Gasteiger partial charge in [-0.25, -0.2) is 0 Å². The second kappa shape index (κ2) is 4.65. The molecule has 0 spiro atoms. The molecule has 0 saturated carbocycles. The van der Waals surface area contributed by atoms with Gasteiger partial charge in [0.25, 0.3) is 0 Å². The van der Waals surface area contributed by atoms with Crippen LogP contribution in [0.1, 0.15) is 13.3 Å². The third-order valence-electron chi connectivity index (χ3n) is 2.87. The molecule has 0 unspecified atom stereocenters. The monoisotopic (exact) mass is 255 g/mol. The lowest BCUT2D eigenvalue weighted by atomic mass is 10.2. The van der Waals surface area contributed by atoms with Gasteiger partial charge in [-0.1, -0.05) is 25.1 Å². The fraction of sp³-hybridized carbons (Fsp3) is 0.133.